The first-order valence-electron chi connectivity index (χ1n) is 6.67. The third kappa shape index (κ3) is 3.13. The normalized spacial score (nSPS) is 41.2. The van der Waals surface area contributed by atoms with Gasteiger partial charge in [-0.2, -0.15) is 11.8 Å². The van der Waals surface area contributed by atoms with Crippen LogP contribution in [0, 0.1) is 5.92 Å². The van der Waals surface area contributed by atoms with Crippen LogP contribution in [0.25, 0.3) is 0 Å². The molecule has 0 aromatic heterocycles. The summed E-state index contributed by atoms with van der Waals surface area (Å²) in [6, 6.07) is 1.67. The van der Waals surface area contributed by atoms with E-state index < -0.39 is 0 Å². The first-order valence-corrected chi connectivity index (χ1v) is 7.72. The van der Waals surface area contributed by atoms with Crippen LogP contribution in [0.15, 0.2) is 0 Å². The first-order chi connectivity index (χ1) is 7.29. The SMILES string of the molecule is CCSC1CCC(NC2CCCC2C)C1. The van der Waals surface area contributed by atoms with Gasteiger partial charge in [0.1, 0.15) is 0 Å². The van der Waals surface area contributed by atoms with E-state index in [1.165, 1.54) is 44.3 Å². The Morgan fingerprint density at radius 3 is 2.73 bits per heavy atom. The lowest BCUT2D eigenvalue weighted by molar-refractivity contribution is 0.374. The van der Waals surface area contributed by atoms with Crippen molar-refractivity contribution >= 4 is 11.8 Å². The van der Waals surface area contributed by atoms with Gasteiger partial charge in [0, 0.05) is 17.3 Å². The fourth-order valence-electron chi connectivity index (χ4n) is 3.17. The minimum absolute atomic E-state index is 0.833. The van der Waals surface area contributed by atoms with Gasteiger partial charge < -0.3 is 5.32 Å². The molecule has 2 aliphatic carbocycles. The lowest BCUT2D eigenvalue weighted by Crippen LogP contribution is -2.38. The van der Waals surface area contributed by atoms with E-state index in [1.807, 2.05) is 0 Å². The van der Waals surface area contributed by atoms with Gasteiger partial charge in [0.05, 0.1) is 0 Å². The molecule has 0 spiro atoms. The van der Waals surface area contributed by atoms with Crippen LogP contribution in [-0.2, 0) is 0 Å². The third-order valence-corrected chi connectivity index (χ3v) is 5.33. The Balaban J connectivity index is 1.72. The fraction of sp³-hybridized carbons (Fsp3) is 1.00. The topological polar surface area (TPSA) is 12.0 Å². The highest BCUT2D eigenvalue weighted by Gasteiger charge is 2.29. The van der Waals surface area contributed by atoms with Crippen LogP contribution >= 0.6 is 11.8 Å². The smallest absolute Gasteiger partial charge is 0.00952 e. The van der Waals surface area contributed by atoms with Crippen LogP contribution in [-0.4, -0.2) is 23.1 Å². The maximum Gasteiger partial charge on any atom is 0.00952 e. The molecule has 0 heterocycles. The zero-order valence-corrected chi connectivity index (χ0v) is 11.0. The Bertz CT molecular complexity index is 195. The van der Waals surface area contributed by atoms with Gasteiger partial charge in [0.2, 0.25) is 0 Å². The molecule has 88 valence electrons. The van der Waals surface area contributed by atoms with E-state index in [4.69, 9.17) is 0 Å². The second kappa shape index (κ2) is 5.58. The number of thioether (sulfide) groups is 1. The van der Waals surface area contributed by atoms with Crippen LogP contribution in [0.1, 0.15) is 52.4 Å². The summed E-state index contributed by atoms with van der Waals surface area (Å²) in [6.45, 7) is 4.70. The number of nitrogens with one attached hydrogen (secondary N) is 1. The molecule has 1 nitrogen and oxygen atoms in total. The van der Waals surface area contributed by atoms with E-state index in [0.717, 1.165) is 23.3 Å². The summed E-state index contributed by atoms with van der Waals surface area (Å²) in [5.74, 6) is 2.21. The maximum absolute atomic E-state index is 3.90. The minimum Gasteiger partial charge on any atom is -0.311 e. The summed E-state index contributed by atoms with van der Waals surface area (Å²) in [5.41, 5.74) is 0. The van der Waals surface area contributed by atoms with Crippen LogP contribution in [0.5, 0.6) is 0 Å². The first kappa shape index (κ1) is 11.8. The molecule has 0 saturated heterocycles. The molecule has 4 unspecified atom stereocenters. The van der Waals surface area contributed by atoms with Crippen molar-refractivity contribution in [2.24, 2.45) is 5.92 Å². The molecule has 0 bridgehead atoms. The highest BCUT2D eigenvalue weighted by molar-refractivity contribution is 7.99. The number of hydrogen-bond donors (Lipinski definition) is 1. The van der Waals surface area contributed by atoms with Crippen molar-refractivity contribution < 1.29 is 0 Å². The highest BCUT2D eigenvalue weighted by Crippen LogP contribution is 2.32. The standard InChI is InChI=1S/C13H25NS/c1-3-15-12-8-7-11(9-12)14-13-6-4-5-10(13)2/h10-14H,3-9H2,1-2H3. The van der Waals surface area contributed by atoms with E-state index in [-0.39, 0.29) is 0 Å². The van der Waals surface area contributed by atoms with Crippen LogP contribution in [0.4, 0.5) is 0 Å². The second-order valence-corrected chi connectivity index (χ2v) is 6.85. The van der Waals surface area contributed by atoms with Gasteiger partial charge in [-0.1, -0.05) is 20.3 Å². The molecule has 0 aliphatic heterocycles. The van der Waals surface area contributed by atoms with E-state index in [1.54, 1.807) is 0 Å². The summed E-state index contributed by atoms with van der Waals surface area (Å²) in [7, 11) is 0. The molecule has 2 rings (SSSR count). The molecule has 2 fully saturated rings. The molecular formula is C13H25NS. The Morgan fingerprint density at radius 1 is 1.20 bits per heavy atom. The molecule has 0 aromatic carbocycles. The molecule has 0 amide bonds. The van der Waals surface area contributed by atoms with Crippen molar-refractivity contribution in [3.8, 4) is 0 Å². The average molecular weight is 227 g/mol. The minimum atomic E-state index is 0.833. The molecular weight excluding hydrogens is 202 g/mol. The van der Waals surface area contributed by atoms with Gasteiger partial charge >= 0.3 is 0 Å². The van der Waals surface area contributed by atoms with Gasteiger partial charge in [0.15, 0.2) is 0 Å². The Kier molecular flexibility index (Phi) is 4.39. The van der Waals surface area contributed by atoms with Gasteiger partial charge in [-0.15, -0.1) is 0 Å². The predicted molar refractivity (Wildman–Crippen MR) is 69.5 cm³/mol. The molecule has 2 heteroatoms. The van der Waals surface area contributed by atoms with Crippen molar-refractivity contribution in [1.82, 2.24) is 5.32 Å². The summed E-state index contributed by atoms with van der Waals surface area (Å²) in [4.78, 5) is 0. The van der Waals surface area contributed by atoms with Crippen molar-refractivity contribution in [1.29, 1.82) is 0 Å². The lowest BCUT2D eigenvalue weighted by Gasteiger charge is -2.22. The van der Waals surface area contributed by atoms with Crippen LogP contribution in [0.2, 0.25) is 0 Å². The van der Waals surface area contributed by atoms with Gasteiger partial charge in [-0.3, -0.25) is 0 Å². The van der Waals surface area contributed by atoms with Gasteiger partial charge in [-0.05, 0) is 43.8 Å². The number of hydrogen-bond acceptors (Lipinski definition) is 2. The van der Waals surface area contributed by atoms with Gasteiger partial charge in [-0.25, -0.2) is 0 Å². The Labute approximate surface area is 98.8 Å². The summed E-state index contributed by atoms with van der Waals surface area (Å²) < 4.78 is 0. The zero-order valence-electron chi connectivity index (χ0n) is 10.2. The second-order valence-electron chi connectivity index (χ2n) is 5.27. The molecule has 2 saturated carbocycles. The zero-order chi connectivity index (χ0) is 10.7. The van der Waals surface area contributed by atoms with Crippen molar-refractivity contribution in [3.63, 3.8) is 0 Å². The fourth-order valence-corrected chi connectivity index (χ4v) is 4.32. The molecule has 1 N–H and O–H groups in total. The summed E-state index contributed by atoms with van der Waals surface area (Å²) in [5, 5.41) is 4.85. The number of rotatable bonds is 4. The van der Waals surface area contributed by atoms with Crippen molar-refractivity contribution in [3.05, 3.63) is 0 Å². The molecule has 4 atom stereocenters. The van der Waals surface area contributed by atoms with Crippen molar-refractivity contribution in [2.75, 3.05) is 5.75 Å². The monoisotopic (exact) mass is 227 g/mol. The predicted octanol–water partition coefficient (Wildman–Crippen LogP) is 3.44. The van der Waals surface area contributed by atoms with Crippen LogP contribution < -0.4 is 5.32 Å². The van der Waals surface area contributed by atoms with E-state index in [0.29, 0.717) is 0 Å². The average Bonchev–Trinajstić information content (AvgIpc) is 2.79. The van der Waals surface area contributed by atoms with E-state index >= 15 is 0 Å². The molecule has 2 aliphatic rings. The highest BCUT2D eigenvalue weighted by atomic mass is 32.2. The van der Waals surface area contributed by atoms with Crippen LogP contribution in [0.3, 0.4) is 0 Å². The summed E-state index contributed by atoms with van der Waals surface area (Å²) in [6.07, 6.45) is 8.58. The molecule has 15 heavy (non-hydrogen) atoms. The lowest BCUT2D eigenvalue weighted by atomic mass is 10.1. The molecule has 0 radical (unpaired) electrons. The maximum atomic E-state index is 3.90. The van der Waals surface area contributed by atoms with E-state index in [9.17, 15) is 0 Å². The third-order valence-electron chi connectivity index (χ3n) is 4.10. The van der Waals surface area contributed by atoms with E-state index in [2.05, 4.69) is 30.9 Å². The van der Waals surface area contributed by atoms with Gasteiger partial charge in [0.25, 0.3) is 0 Å². The quantitative estimate of drug-likeness (QED) is 0.789. The summed E-state index contributed by atoms with van der Waals surface area (Å²) >= 11 is 2.16. The Morgan fingerprint density at radius 2 is 2.07 bits per heavy atom. The Hall–Kier alpha value is 0.310. The largest absolute Gasteiger partial charge is 0.311 e. The molecule has 0 aromatic rings. The van der Waals surface area contributed by atoms with Crippen molar-refractivity contribution in [2.45, 2.75) is 69.7 Å².